The normalized spacial score (nSPS) is 17.3. The first kappa shape index (κ1) is 14.8. The van der Waals surface area contributed by atoms with Gasteiger partial charge in [-0.05, 0) is 4.92 Å². The van der Waals surface area contributed by atoms with E-state index in [4.69, 9.17) is 0 Å². The number of hydrogen-bond donors (Lipinski definition) is 1. The minimum Gasteiger partial charge on any atom is -0.387 e. The van der Waals surface area contributed by atoms with Gasteiger partial charge < -0.3 is 20.1 Å². The Labute approximate surface area is 119 Å². The lowest BCUT2D eigenvalue weighted by molar-refractivity contribution is -0.392. The van der Waals surface area contributed by atoms with Crippen LogP contribution in [0.2, 0.25) is 0 Å². The van der Waals surface area contributed by atoms with E-state index < -0.39 is 11.0 Å². The third-order valence-electron chi connectivity index (χ3n) is 3.13. The van der Waals surface area contributed by atoms with Crippen LogP contribution in [-0.2, 0) is 11.3 Å². The molecule has 0 saturated carbocycles. The van der Waals surface area contributed by atoms with Crippen LogP contribution in [0.4, 0.5) is 5.82 Å². The van der Waals surface area contributed by atoms with Crippen molar-refractivity contribution in [3.8, 4) is 0 Å². The molecule has 9 heteroatoms. The summed E-state index contributed by atoms with van der Waals surface area (Å²) in [6.07, 6.45) is 0.318. The molecule has 1 fully saturated rings. The minimum atomic E-state index is -0.853. The predicted octanol–water partition coefficient (Wildman–Crippen LogP) is 0.0360. The van der Waals surface area contributed by atoms with Crippen LogP contribution in [-0.4, -0.2) is 61.1 Å². The van der Waals surface area contributed by atoms with Crippen LogP contribution in [0.15, 0.2) is 6.20 Å². The van der Waals surface area contributed by atoms with E-state index in [1.807, 2.05) is 0 Å². The zero-order chi connectivity index (χ0) is 14.7. The summed E-state index contributed by atoms with van der Waals surface area (Å²) in [4.78, 5) is 27.4. The molecule has 0 unspecified atom stereocenters. The molecule has 20 heavy (non-hydrogen) atoms. The van der Waals surface area contributed by atoms with Gasteiger partial charge in [0.25, 0.3) is 0 Å². The number of aromatic nitrogens is 2. The number of nitrogens with zero attached hydrogens (tertiary/aromatic N) is 4. The van der Waals surface area contributed by atoms with Crippen LogP contribution in [0.3, 0.4) is 0 Å². The number of aliphatic hydroxyl groups is 1. The monoisotopic (exact) mass is 300 g/mol. The number of imidazole rings is 1. The van der Waals surface area contributed by atoms with Crippen LogP contribution in [0, 0.1) is 17.0 Å². The zero-order valence-electron chi connectivity index (χ0n) is 11.1. The fraction of sp³-hybridized carbons (Fsp3) is 0.636. The number of rotatable bonds is 5. The Balaban J connectivity index is 2.01. The second-order valence-electron chi connectivity index (χ2n) is 4.58. The zero-order valence-corrected chi connectivity index (χ0v) is 11.9. The van der Waals surface area contributed by atoms with E-state index in [-0.39, 0.29) is 24.8 Å². The molecule has 0 aromatic carbocycles. The third kappa shape index (κ3) is 3.28. The number of amides is 1. The van der Waals surface area contributed by atoms with Crippen LogP contribution in [0.1, 0.15) is 5.82 Å². The Kier molecular flexibility index (Phi) is 4.61. The predicted molar refractivity (Wildman–Crippen MR) is 73.5 cm³/mol. The molecule has 0 spiro atoms. The van der Waals surface area contributed by atoms with Gasteiger partial charge in [-0.25, -0.2) is 9.55 Å². The van der Waals surface area contributed by atoms with Crippen molar-refractivity contribution in [1.82, 2.24) is 14.5 Å². The van der Waals surface area contributed by atoms with E-state index in [1.54, 1.807) is 23.6 Å². The van der Waals surface area contributed by atoms with Gasteiger partial charge >= 0.3 is 5.82 Å². The van der Waals surface area contributed by atoms with E-state index >= 15 is 0 Å². The summed E-state index contributed by atoms with van der Waals surface area (Å²) in [5.41, 5.74) is 0. The second kappa shape index (κ2) is 6.23. The smallest absolute Gasteiger partial charge is 0.342 e. The molecule has 110 valence electrons. The molecule has 1 saturated heterocycles. The van der Waals surface area contributed by atoms with Crippen molar-refractivity contribution < 1.29 is 14.8 Å². The summed E-state index contributed by atoms with van der Waals surface area (Å²) in [6, 6.07) is 0. The number of carbonyl (C=O) groups excluding carboxylic acids is 1. The molecule has 8 nitrogen and oxygen atoms in total. The molecular formula is C11H16N4O4S. The lowest BCUT2D eigenvalue weighted by atomic mass is 10.3. The molecule has 0 aliphatic carbocycles. The Morgan fingerprint density at radius 1 is 1.60 bits per heavy atom. The summed E-state index contributed by atoms with van der Waals surface area (Å²) in [7, 11) is 0. The Hall–Kier alpha value is -1.61. The van der Waals surface area contributed by atoms with Crippen molar-refractivity contribution in [2.24, 2.45) is 0 Å². The molecule has 2 heterocycles. The Bertz CT molecular complexity index is 519. The first-order valence-corrected chi connectivity index (χ1v) is 7.34. The van der Waals surface area contributed by atoms with Crippen molar-refractivity contribution in [2.75, 3.05) is 24.6 Å². The molecule has 1 N–H and O–H groups in total. The topological polar surface area (TPSA) is 102 Å². The maximum Gasteiger partial charge on any atom is 0.342 e. The van der Waals surface area contributed by atoms with Crippen LogP contribution < -0.4 is 0 Å². The summed E-state index contributed by atoms with van der Waals surface area (Å²) in [6.45, 7) is 2.49. The highest BCUT2D eigenvalue weighted by Gasteiger charge is 2.25. The van der Waals surface area contributed by atoms with Gasteiger partial charge in [0.05, 0.1) is 12.3 Å². The number of β-amino-alcohol motifs (C(OH)–C–C–N with tert-alkyl or cyclic N) is 1. The quantitative estimate of drug-likeness (QED) is 0.608. The van der Waals surface area contributed by atoms with Crippen LogP contribution in [0.25, 0.3) is 0 Å². The number of carbonyl (C=O) groups is 1. The number of hydrogen-bond acceptors (Lipinski definition) is 6. The molecule has 0 radical (unpaired) electrons. The van der Waals surface area contributed by atoms with Gasteiger partial charge in [-0.1, -0.05) is 0 Å². The summed E-state index contributed by atoms with van der Waals surface area (Å²) in [5.74, 6) is 1.59. The molecule has 1 aromatic rings. The highest BCUT2D eigenvalue weighted by Crippen LogP contribution is 2.16. The first-order chi connectivity index (χ1) is 9.49. The molecule has 1 atom stereocenters. The summed E-state index contributed by atoms with van der Waals surface area (Å²) in [5, 5.41) is 20.9. The number of nitro groups is 1. The van der Waals surface area contributed by atoms with E-state index in [2.05, 4.69) is 4.98 Å². The van der Waals surface area contributed by atoms with Gasteiger partial charge in [0.2, 0.25) is 5.91 Å². The highest BCUT2D eigenvalue weighted by atomic mass is 32.2. The molecular weight excluding hydrogens is 284 g/mol. The van der Waals surface area contributed by atoms with Crippen molar-refractivity contribution >= 4 is 23.5 Å². The van der Waals surface area contributed by atoms with Crippen molar-refractivity contribution in [1.29, 1.82) is 0 Å². The SMILES string of the molecule is Cc1ncc([N+](=O)[O-])n1C[C@H](O)CN1CCSCC1=O. The van der Waals surface area contributed by atoms with Gasteiger partial charge in [-0.2, -0.15) is 11.8 Å². The lowest BCUT2D eigenvalue weighted by Gasteiger charge is -2.28. The molecule has 1 aromatic heterocycles. The Morgan fingerprint density at radius 2 is 2.35 bits per heavy atom. The highest BCUT2D eigenvalue weighted by molar-refractivity contribution is 8.00. The molecule has 1 amide bonds. The summed E-state index contributed by atoms with van der Waals surface area (Å²) < 4.78 is 1.35. The van der Waals surface area contributed by atoms with Crippen LogP contribution in [0.5, 0.6) is 0 Å². The van der Waals surface area contributed by atoms with Gasteiger partial charge in [0.1, 0.15) is 18.8 Å². The molecule has 1 aliphatic heterocycles. The van der Waals surface area contributed by atoms with E-state index in [9.17, 15) is 20.0 Å². The van der Waals surface area contributed by atoms with Gasteiger partial charge in [-0.3, -0.25) is 4.79 Å². The average Bonchev–Trinajstić information content (AvgIpc) is 2.74. The number of aliphatic hydroxyl groups excluding tert-OH is 1. The fourth-order valence-corrected chi connectivity index (χ4v) is 2.94. The minimum absolute atomic E-state index is 0.00264. The third-order valence-corrected chi connectivity index (χ3v) is 4.05. The Morgan fingerprint density at radius 3 is 3.00 bits per heavy atom. The van der Waals surface area contributed by atoms with Gasteiger partial charge in [0.15, 0.2) is 5.82 Å². The largest absolute Gasteiger partial charge is 0.387 e. The van der Waals surface area contributed by atoms with Gasteiger partial charge in [0, 0.05) is 19.2 Å². The van der Waals surface area contributed by atoms with Crippen molar-refractivity contribution in [3.05, 3.63) is 22.1 Å². The molecule has 2 rings (SSSR count). The average molecular weight is 300 g/mol. The van der Waals surface area contributed by atoms with Crippen LogP contribution >= 0.6 is 11.8 Å². The fourth-order valence-electron chi connectivity index (χ4n) is 2.09. The molecule has 1 aliphatic rings. The maximum atomic E-state index is 11.6. The second-order valence-corrected chi connectivity index (χ2v) is 5.68. The summed E-state index contributed by atoms with van der Waals surface area (Å²) >= 11 is 1.57. The number of aryl methyl sites for hydroxylation is 1. The van der Waals surface area contributed by atoms with Crippen molar-refractivity contribution in [2.45, 2.75) is 19.6 Å². The van der Waals surface area contributed by atoms with E-state index in [0.717, 1.165) is 5.75 Å². The lowest BCUT2D eigenvalue weighted by Crippen LogP contribution is -2.43. The standard InChI is InChI=1S/C11H16N4O4S/c1-8-12-4-10(15(18)19)14(8)6-9(16)5-13-2-3-20-7-11(13)17/h4,9,16H,2-3,5-7H2,1H3/t9-/m1/s1. The van der Waals surface area contributed by atoms with E-state index in [0.29, 0.717) is 18.1 Å². The maximum absolute atomic E-state index is 11.6. The van der Waals surface area contributed by atoms with E-state index in [1.165, 1.54) is 10.8 Å². The number of thioether (sulfide) groups is 1. The van der Waals surface area contributed by atoms with Crippen molar-refractivity contribution in [3.63, 3.8) is 0 Å². The van der Waals surface area contributed by atoms with Gasteiger partial charge in [-0.15, -0.1) is 0 Å². The first-order valence-electron chi connectivity index (χ1n) is 6.19. The molecule has 0 bridgehead atoms.